The standard InChI is InChI=1S/C18H21I3N2O6S/c1-3-4-9(24)22-16-13(19)12(18(27)28)14(20)17(15(16)21)23-10(25)5-7-30-8-6-11(26)29-2/h3-8H2,1-2H3,(H,22,24)(H,23,25)(H,27,28). The van der Waals surface area contributed by atoms with Crippen LogP contribution in [0.3, 0.4) is 0 Å². The van der Waals surface area contributed by atoms with Gasteiger partial charge >= 0.3 is 11.9 Å². The van der Waals surface area contributed by atoms with E-state index in [2.05, 4.69) is 15.4 Å². The molecule has 0 radical (unpaired) electrons. The molecule has 8 nitrogen and oxygen atoms in total. The van der Waals surface area contributed by atoms with Gasteiger partial charge in [-0.15, -0.1) is 0 Å². The largest absolute Gasteiger partial charge is 0.478 e. The van der Waals surface area contributed by atoms with Crippen LogP contribution < -0.4 is 10.6 Å². The van der Waals surface area contributed by atoms with Gasteiger partial charge in [0.25, 0.3) is 0 Å². The third kappa shape index (κ3) is 8.29. The molecule has 0 bridgehead atoms. The molecular formula is C18H21I3N2O6S. The van der Waals surface area contributed by atoms with Crippen molar-refractivity contribution in [1.82, 2.24) is 0 Å². The van der Waals surface area contributed by atoms with Gasteiger partial charge in [-0.3, -0.25) is 14.4 Å². The Balaban J connectivity index is 3.00. The number of thioether (sulfide) groups is 1. The summed E-state index contributed by atoms with van der Waals surface area (Å²) >= 11 is 7.25. The van der Waals surface area contributed by atoms with Crippen molar-refractivity contribution >= 4 is 115 Å². The molecule has 1 aromatic rings. The SMILES string of the molecule is CCCC(=O)Nc1c(I)c(NC(=O)CCSCCC(=O)OC)c(I)c(C(=O)O)c1I. The number of carbonyl (C=O) groups excluding carboxylic acids is 3. The van der Waals surface area contributed by atoms with Crippen LogP contribution in [0.2, 0.25) is 0 Å². The van der Waals surface area contributed by atoms with Crippen molar-refractivity contribution < 1.29 is 29.0 Å². The smallest absolute Gasteiger partial charge is 0.338 e. The summed E-state index contributed by atoms with van der Waals surface area (Å²) in [7, 11) is 1.33. The maximum Gasteiger partial charge on any atom is 0.338 e. The summed E-state index contributed by atoms with van der Waals surface area (Å²) in [6, 6.07) is 0. The zero-order chi connectivity index (χ0) is 22.8. The lowest BCUT2D eigenvalue weighted by Crippen LogP contribution is -2.20. The van der Waals surface area contributed by atoms with E-state index in [9.17, 15) is 24.3 Å². The summed E-state index contributed by atoms with van der Waals surface area (Å²) in [6.45, 7) is 1.88. The molecule has 30 heavy (non-hydrogen) atoms. The number of methoxy groups -OCH3 is 1. The van der Waals surface area contributed by atoms with Crippen molar-refractivity contribution in [3.8, 4) is 0 Å². The Morgan fingerprint density at radius 3 is 1.87 bits per heavy atom. The molecule has 1 aromatic carbocycles. The normalized spacial score (nSPS) is 10.4. The van der Waals surface area contributed by atoms with Gasteiger partial charge in [0.1, 0.15) is 0 Å². The zero-order valence-corrected chi connectivity index (χ0v) is 23.6. The minimum absolute atomic E-state index is 0.0335. The highest BCUT2D eigenvalue weighted by atomic mass is 127. The van der Waals surface area contributed by atoms with Gasteiger partial charge in [-0.25, -0.2) is 4.79 Å². The highest BCUT2D eigenvalue weighted by Gasteiger charge is 2.26. The van der Waals surface area contributed by atoms with Crippen molar-refractivity contribution in [2.75, 3.05) is 29.2 Å². The fourth-order valence-corrected chi connectivity index (χ4v) is 7.24. The monoisotopic (exact) mass is 774 g/mol. The number of halogens is 3. The molecule has 0 aliphatic heterocycles. The van der Waals surface area contributed by atoms with Crippen molar-refractivity contribution in [2.24, 2.45) is 0 Å². The second kappa shape index (κ2) is 13.9. The predicted octanol–water partition coefficient (Wildman–Crippen LogP) is 4.56. The van der Waals surface area contributed by atoms with Gasteiger partial charge < -0.3 is 20.5 Å². The van der Waals surface area contributed by atoms with Crippen LogP contribution in [-0.2, 0) is 19.1 Å². The third-order valence-corrected chi connectivity index (χ3v) is 7.91. The molecule has 0 aliphatic carbocycles. The highest BCUT2D eigenvalue weighted by molar-refractivity contribution is 14.1. The van der Waals surface area contributed by atoms with E-state index in [0.717, 1.165) is 0 Å². The number of rotatable bonds is 11. The molecule has 3 N–H and O–H groups in total. The van der Waals surface area contributed by atoms with Gasteiger partial charge in [0.15, 0.2) is 0 Å². The van der Waals surface area contributed by atoms with Crippen LogP contribution in [-0.4, -0.2) is 47.5 Å². The first-order valence-corrected chi connectivity index (χ1v) is 13.2. The van der Waals surface area contributed by atoms with Crippen LogP contribution in [0.25, 0.3) is 0 Å². The van der Waals surface area contributed by atoms with E-state index in [1.54, 1.807) is 0 Å². The molecule has 12 heteroatoms. The van der Waals surface area contributed by atoms with Crippen LogP contribution >= 0.6 is 79.5 Å². The average molecular weight is 774 g/mol. The van der Waals surface area contributed by atoms with E-state index < -0.39 is 5.97 Å². The quantitative estimate of drug-likeness (QED) is 0.171. The predicted molar refractivity (Wildman–Crippen MR) is 142 cm³/mol. The fourth-order valence-electron chi connectivity index (χ4n) is 2.23. The number of carbonyl (C=O) groups is 4. The van der Waals surface area contributed by atoms with E-state index in [0.29, 0.717) is 46.4 Å². The third-order valence-electron chi connectivity index (χ3n) is 3.69. The number of carboxylic acid groups (broad SMARTS) is 1. The lowest BCUT2D eigenvalue weighted by atomic mass is 10.1. The lowest BCUT2D eigenvalue weighted by molar-refractivity contribution is -0.140. The van der Waals surface area contributed by atoms with Crippen molar-refractivity contribution in [3.63, 3.8) is 0 Å². The molecule has 0 fully saturated rings. The van der Waals surface area contributed by atoms with Gasteiger partial charge in [-0.05, 0) is 74.2 Å². The number of benzene rings is 1. The van der Waals surface area contributed by atoms with E-state index in [-0.39, 0.29) is 36.2 Å². The minimum atomic E-state index is -1.14. The van der Waals surface area contributed by atoms with Crippen molar-refractivity contribution in [1.29, 1.82) is 0 Å². The van der Waals surface area contributed by atoms with Crippen LogP contribution in [0.4, 0.5) is 11.4 Å². The molecule has 0 unspecified atom stereocenters. The first-order valence-electron chi connectivity index (χ1n) is 8.81. The van der Waals surface area contributed by atoms with Gasteiger partial charge in [0, 0.05) is 24.3 Å². The molecule has 1 rings (SSSR count). The Labute approximate surface area is 219 Å². The summed E-state index contributed by atoms with van der Waals surface area (Å²) in [6.07, 6.45) is 1.44. The molecule has 166 valence electrons. The maximum absolute atomic E-state index is 12.4. The number of carboxylic acids is 1. The van der Waals surface area contributed by atoms with E-state index in [1.165, 1.54) is 18.9 Å². The topological polar surface area (TPSA) is 122 Å². The van der Waals surface area contributed by atoms with E-state index >= 15 is 0 Å². The molecule has 0 aliphatic rings. The highest BCUT2D eigenvalue weighted by Crippen LogP contribution is 2.39. The Kier molecular flexibility index (Phi) is 12.8. The number of esters is 1. The average Bonchev–Trinajstić information content (AvgIpc) is 2.68. The number of hydrogen-bond donors (Lipinski definition) is 3. The van der Waals surface area contributed by atoms with Crippen molar-refractivity contribution in [3.05, 3.63) is 16.3 Å². The Bertz CT molecular complexity index is 835. The Morgan fingerprint density at radius 1 is 0.900 bits per heavy atom. The van der Waals surface area contributed by atoms with Crippen LogP contribution in [0.5, 0.6) is 0 Å². The van der Waals surface area contributed by atoms with Crippen LogP contribution in [0.1, 0.15) is 43.0 Å². The van der Waals surface area contributed by atoms with Gasteiger partial charge in [-0.1, -0.05) is 6.92 Å². The fraction of sp³-hybridized carbons (Fsp3) is 0.444. The Hall–Kier alpha value is -0.360. The minimum Gasteiger partial charge on any atom is -0.478 e. The number of aromatic carboxylic acids is 1. The Morgan fingerprint density at radius 2 is 1.40 bits per heavy atom. The van der Waals surface area contributed by atoms with Crippen molar-refractivity contribution in [2.45, 2.75) is 32.6 Å². The molecule has 0 heterocycles. The number of nitrogens with one attached hydrogen (secondary N) is 2. The van der Waals surface area contributed by atoms with Gasteiger partial charge in [-0.2, -0.15) is 11.8 Å². The molecule has 0 spiro atoms. The van der Waals surface area contributed by atoms with E-state index in [1.807, 2.05) is 74.7 Å². The molecule has 0 aromatic heterocycles. The number of amides is 2. The van der Waals surface area contributed by atoms with Gasteiger partial charge in [0.2, 0.25) is 11.8 Å². The van der Waals surface area contributed by atoms with E-state index in [4.69, 9.17) is 0 Å². The molecule has 2 amide bonds. The summed E-state index contributed by atoms with van der Waals surface area (Å²) in [5.41, 5.74) is 0.784. The lowest BCUT2D eigenvalue weighted by Gasteiger charge is -2.19. The first-order chi connectivity index (χ1) is 14.1. The second-order valence-corrected chi connectivity index (χ2v) is 10.4. The number of ether oxygens (including phenoxy) is 1. The summed E-state index contributed by atoms with van der Waals surface area (Å²) < 4.78 is 5.95. The molecule has 0 atom stereocenters. The number of hydrogen-bond acceptors (Lipinski definition) is 6. The molecule has 0 saturated heterocycles. The summed E-state index contributed by atoms with van der Waals surface area (Å²) in [4.78, 5) is 47.4. The zero-order valence-electron chi connectivity index (χ0n) is 16.3. The molecule has 0 saturated carbocycles. The van der Waals surface area contributed by atoms with Crippen LogP contribution in [0, 0.1) is 10.7 Å². The van der Waals surface area contributed by atoms with Crippen LogP contribution in [0.15, 0.2) is 0 Å². The van der Waals surface area contributed by atoms with Gasteiger partial charge in [0.05, 0.1) is 41.2 Å². The maximum atomic E-state index is 12.4. The summed E-state index contributed by atoms with van der Waals surface area (Å²) in [5.74, 6) is -0.875. The molecular weight excluding hydrogens is 753 g/mol. The first kappa shape index (κ1) is 27.7. The number of anilines is 2. The summed E-state index contributed by atoms with van der Waals surface area (Å²) in [5, 5.41) is 15.2. The second-order valence-electron chi connectivity index (χ2n) is 5.91.